The molecule has 36 heavy (non-hydrogen) atoms. The SMILES string of the molecule is Cc1ccc(NS(=O)(=O)c2cc(C(=O)Nc3ccc(CSc4ccccc4)cc3)ccc2Cl)cc1C. The van der Waals surface area contributed by atoms with Crippen molar-refractivity contribution < 1.29 is 13.2 Å². The monoisotopic (exact) mass is 536 g/mol. The summed E-state index contributed by atoms with van der Waals surface area (Å²) < 4.78 is 28.6. The molecule has 184 valence electrons. The standard InChI is InChI=1S/C28H25ClN2O3S2/c1-19-8-12-24(16-20(19)2)31-36(33,34)27-17-22(11-15-26(27)29)28(32)30-23-13-9-21(10-14-23)18-35-25-6-4-3-5-7-25/h3-17,31H,18H2,1-2H3,(H,30,32). The van der Waals surface area contributed by atoms with Crippen molar-refractivity contribution in [2.24, 2.45) is 0 Å². The van der Waals surface area contributed by atoms with Gasteiger partial charge in [-0.3, -0.25) is 9.52 Å². The van der Waals surface area contributed by atoms with E-state index in [0.29, 0.717) is 11.4 Å². The van der Waals surface area contributed by atoms with Crippen LogP contribution in [-0.2, 0) is 15.8 Å². The van der Waals surface area contributed by atoms with E-state index >= 15 is 0 Å². The quantitative estimate of drug-likeness (QED) is 0.232. The Hall–Kier alpha value is -3.26. The van der Waals surface area contributed by atoms with Crippen molar-refractivity contribution in [3.8, 4) is 0 Å². The molecule has 5 nitrogen and oxygen atoms in total. The molecule has 0 heterocycles. The minimum Gasteiger partial charge on any atom is -0.322 e. The minimum atomic E-state index is -4.00. The molecule has 4 rings (SSSR count). The lowest BCUT2D eigenvalue weighted by Crippen LogP contribution is -2.16. The minimum absolute atomic E-state index is 0.0307. The fraction of sp³-hybridized carbons (Fsp3) is 0.107. The summed E-state index contributed by atoms with van der Waals surface area (Å²) >= 11 is 7.94. The largest absolute Gasteiger partial charge is 0.322 e. The average Bonchev–Trinajstić information content (AvgIpc) is 2.86. The zero-order valence-electron chi connectivity index (χ0n) is 19.8. The van der Waals surface area contributed by atoms with Gasteiger partial charge in [0, 0.05) is 27.6 Å². The Morgan fingerprint density at radius 3 is 2.22 bits per heavy atom. The number of sulfonamides is 1. The average molecular weight is 537 g/mol. The second kappa shape index (κ2) is 11.2. The summed E-state index contributed by atoms with van der Waals surface area (Å²) in [5.41, 5.74) is 4.36. The van der Waals surface area contributed by atoms with E-state index in [-0.39, 0.29) is 15.5 Å². The van der Waals surface area contributed by atoms with Crippen LogP contribution >= 0.6 is 23.4 Å². The van der Waals surface area contributed by atoms with Crippen molar-refractivity contribution in [2.75, 3.05) is 10.0 Å². The number of hydrogen-bond donors (Lipinski definition) is 2. The highest BCUT2D eigenvalue weighted by Crippen LogP contribution is 2.27. The highest BCUT2D eigenvalue weighted by molar-refractivity contribution is 7.98. The topological polar surface area (TPSA) is 75.3 Å². The Kier molecular flexibility index (Phi) is 8.04. The van der Waals surface area contributed by atoms with Crippen molar-refractivity contribution in [1.82, 2.24) is 0 Å². The zero-order valence-corrected chi connectivity index (χ0v) is 22.2. The molecule has 0 aliphatic rings. The van der Waals surface area contributed by atoms with Crippen molar-refractivity contribution in [3.05, 3.63) is 118 Å². The number of nitrogens with one attached hydrogen (secondary N) is 2. The summed E-state index contributed by atoms with van der Waals surface area (Å²) in [5.74, 6) is 0.380. The molecule has 0 atom stereocenters. The molecule has 0 aliphatic carbocycles. The number of aryl methyl sites for hydroxylation is 2. The summed E-state index contributed by atoms with van der Waals surface area (Å²) in [4.78, 5) is 13.9. The Balaban J connectivity index is 1.45. The molecule has 0 unspecified atom stereocenters. The van der Waals surface area contributed by atoms with E-state index < -0.39 is 15.9 Å². The first-order valence-corrected chi connectivity index (χ1v) is 14.0. The van der Waals surface area contributed by atoms with Crippen LogP contribution in [0.2, 0.25) is 5.02 Å². The molecule has 1 amide bonds. The van der Waals surface area contributed by atoms with Crippen molar-refractivity contribution >= 4 is 50.7 Å². The van der Waals surface area contributed by atoms with Crippen molar-refractivity contribution in [3.63, 3.8) is 0 Å². The van der Waals surface area contributed by atoms with Gasteiger partial charge in [-0.25, -0.2) is 8.42 Å². The van der Waals surface area contributed by atoms with Gasteiger partial charge in [0.1, 0.15) is 4.90 Å². The van der Waals surface area contributed by atoms with E-state index in [4.69, 9.17) is 11.6 Å². The third-order valence-corrected chi connectivity index (χ3v) is 8.55. The summed E-state index contributed by atoms with van der Waals surface area (Å²) in [6.07, 6.45) is 0. The van der Waals surface area contributed by atoms with Gasteiger partial charge in [0.2, 0.25) is 0 Å². The van der Waals surface area contributed by atoms with Crippen LogP contribution in [0.5, 0.6) is 0 Å². The van der Waals surface area contributed by atoms with Crippen LogP contribution < -0.4 is 10.0 Å². The summed E-state index contributed by atoms with van der Waals surface area (Å²) in [5, 5.41) is 2.85. The second-order valence-corrected chi connectivity index (χ2v) is 11.4. The predicted molar refractivity (Wildman–Crippen MR) is 149 cm³/mol. The summed E-state index contributed by atoms with van der Waals surface area (Å²) in [6, 6.07) is 27.2. The molecule has 0 fully saturated rings. The zero-order chi connectivity index (χ0) is 25.7. The van der Waals surface area contributed by atoms with Gasteiger partial charge in [-0.15, -0.1) is 11.8 Å². The summed E-state index contributed by atoms with van der Waals surface area (Å²) in [7, 11) is -4.00. The third kappa shape index (κ3) is 6.49. The normalized spacial score (nSPS) is 11.2. The maximum absolute atomic E-state index is 13.0. The number of benzene rings is 4. The fourth-order valence-corrected chi connectivity index (χ4v) is 5.89. The molecule has 0 radical (unpaired) electrons. The van der Waals surface area contributed by atoms with Crippen LogP contribution in [0.4, 0.5) is 11.4 Å². The van der Waals surface area contributed by atoms with Crippen LogP contribution in [0.3, 0.4) is 0 Å². The lowest BCUT2D eigenvalue weighted by Gasteiger charge is -2.12. The van der Waals surface area contributed by atoms with Gasteiger partial charge < -0.3 is 5.32 Å². The molecule has 0 saturated carbocycles. The van der Waals surface area contributed by atoms with E-state index in [1.54, 1.807) is 23.9 Å². The fourth-order valence-electron chi connectivity index (χ4n) is 3.44. The number of amides is 1. The molecule has 8 heteroatoms. The van der Waals surface area contributed by atoms with Gasteiger partial charge >= 0.3 is 0 Å². The Labute approximate surface area is 221 Å². The van der Waals surface area contributed by atoms with E-state index in [1.165, 1.54) is 23.1 Å². The second-order valence-electron chi connectivity index (χ2n) is 8.30. The van der Waals surface area contributed by atoms with Crippen LogP contribution in [-0.4, -0.2) is 14.3 Å². The maximum Gasteiger partial charge on any atom is 0.263 e. The third-order valence-electron chi connectivity index (χ3n) is 5.60. The lowest BCUT2D eigenvalue weighted by molar-refractivity contribution is 0.102. The number of hydrogen-bond acceptors (Lipinski definition) is 4. The molecule has 4 aromatic rings. The van der Waals surface area contributed by atoms with E-state index in [0.717, 1.165) is 22.4 Å². The van der Waals surface area contributed by atoms with Crippen LogP contribution in [0.1, 0.15) is 27.0 Å². The maximum atomic E-state index is 13.0. The number of halogens is 1. The summed E-state index contributed by atoms with van der Waals surface area (Å²) in [6.45, 7) is 3.85. The van der Waals surface area contributed by atoms with Crippen LogP contribution in [0.25, 0.3) is 0 Å². The molecule has 0 bridgehead atoms. The van der Waals surface area contributed by atoms with Gasteiger partial charge in [0.25, 0.3) is 15.9 Å². The highest BCUT2D eigenvalue weighted by atomic mass is 35.5. The molecule has 0 aromatic heterocycles. The number of anilines is 2. The van der Waals surface area contributed by atoms with Gasteiger partial charge in [-0.05, 0) is 85.1 Å². The van der Waals surface area contributed by atoms with Gasteiger partial charge in [0.05, 0.1) is 5.02 Å². The molecular weight excluding hydrogens is 512 g/mol. The molecule has 0 spiro atoms. The van der Waals surface area contributed by atoms with Gasteiger partial charge in [0.15, 0.2) is 0 Å². The predicted octanol–water partition coefficient (Wildman–Crippen LogP) is 7.30. The van der Waals surface area contributed by atoms with Crippen molar-refractivity contribution in [1.29, 1.82) is 0 Å². The van der Waals surface area contributed by atoms with Crippen LogP contribution in [0, 0.1) is 13.8 Å². The first kappa shape index (κ1) is 25.8. The van der Waals surface area contributed by atoms with Gasteiger partial charge in [-0.1, -0.05) is 48.0 Å². The first-order chi connectivity index (χ1) is 17.2. The molecule has 0 aliphatic heterocycles. The molecule has 0 saturated heterocycles. The lowest BCUT2D eigenvalue weighted by atomic mass is 10.1. The number of rotatable bonds is 8. The van der Waals surface area contributed by atoms with E-state index in [1.807, 2.05) is 62.4 Å². The Morgan fingerprint density at radius 1 is 0.833 bits per heavy atom. The number of thioether (sulfide) groups is 1. The molecule has 2 N–H and O–H groups in total. The van der Waals surface area contributed by atoms with E-state index in [9.17, 15) is 13.2 Å². The van der Waals surface area contributed by atoms with Gasteiger partial charge in [-0.2, -0.15) is 0 Å². The number of carbonyl (C=O) groups excluding carboxylic acids is 1. The molecular formula is C28H25ClN2O3S2. The number of carbonyl (C=O) groups is 1. The Morgan fingerprint density at radius 2 is 1.53 bits per heavy atom. The molecule has 4 aromatic carbocycles. The Bertz CT molecular complexity index is 1490. The van der Waals surface area contributed by atoms with Crippen LogP contribution in [0.15, 0.2) is 101 Å². The first-order valence-electron chi connectivity index (χ1n) is 11.2. The smallest absolute Gasteiger partial charge is 0.263 e. The highest BCUT2D eigenvalue weighted by Gasteiger charge is 2.21. The van der Waals surface area contributed by atoms with Crippen molar-refractivity contribution in [2.45, 2.75) is 29.4 Å². The van der Waals surface area contributed by atoms with E-state index in [2.05, 4.69) is 22.2 Å².